The van der Waals surface area contributed by atoms with Crippen LogP contribution in [0, 0.1) is 11.3 Å². The first-order valence-corrected chi connectivity index (χ1v) is 6.52. The predicted octanol–water partition coefficient (Wildman–Crippen LogP) is 1.14. The summed E-state index contributed by atoms with van der Waals surface area (Å²) in [4.78, 5) is 4.79. The minimum atomic E-state index is 0.337. The monoisotopic (exact) mass is 238 g/mol. The average molecular weight is 238 g/mol. The van der Waals surface area contributed by atoms with Gasteiger partial charge in [0.1, 0.15) is 0 Å². The predicted molar refractivity (Wildman–Crippen MR) is 73.4 cm³/mol. The van der Waals surface area contributed by atoms with Crippen LogP contribution < -0.4 is 5.73 Å². The van der Waals surface area contributed by atoms with Crippen LogP contribution in [0.5, 0.6) is 0 Å². The molecule has 98 valence electrons. The quantitative estimate of drug-likeness (QED) is 0.706. The number of rotatable bonds is 5. The van der Waals surface area contributed by atoms with Crippen molar-refractivity contribution in [2.24, 2.45) is 11.7 Å². The van der Waals surface area contributed by atoms with E-state index in [2.05, 4.69) is 30.6 Å². The van der Waals surface area contributed by atoms with E-state index in [1.807, 2.05) is 0 Å². The summed E-state index contributed by atoms with van der Waals surface area (Å²) >= 11 is 0. The second-order valence-corrected chi connectivity index (χ2v) is 4.97. The average Bonchev–Trinajstić information content (AvgIpc) is 2.30. The van der Waals surface area contributed by atoms with Crippen LogP contribution in [0.4, 0.5) is 0 Å². The fourth-order valence-electron chi connectivity index (χ4n) is 2.22. The summed E-state index contributed by atoms with van der Waals surface area (Å²) in [5, 5.41) is 8.10. The smallest absolute Gasteiger partial charge is 0.0503 e. The summed E-state index contributed by atoms with van der Waals surface area (Å²) in [6, 6.07) is 0. The standard InChI is InChI=1S/C13H26N4/c1-4-16-5-7-17(8-6-16)10-13(15)12(9-14)11(2)3/h9,11,15H,4-8,10,14H2,1-3H3/b12-9-,15-13?. The van der Waals surface area contributed by atoms with Gasteiger partial charge in [0, 0.05) is 32.7 Å². The van der Waals surface area contributed by atoms with Crippen molar-refractivity contribution in [3.05, 3.63) is 11.8 Å². The van der Waals surface area contributed by atoms with Gasteiger partial charge in [-0.3, -0.25) is 4.90 Å². The zero-order valence-electron chi connectivity index (χ0n) is 11.4. The zero-order chi connectivity index (χ0) is 12.8. The highest BCUT2D eigenvalue weighted by atomic mass is 15.3. The molecule has 0 unspecified atom stereocenters. The van der Waals surface area contributed by atoms with E-state index in [9.17, 15) is 0 Å². The number of hydrogen-bond acceptors (Lipinski definition) is 4. The first-order valence-electron chi connectivity index (χ1n) is 6.52. The molecule has 4 heteroatoms. The summed E-state index contributed by atoms with van der Waals surface area (Å²) in [7, 11) is 0. The molecule has 17 heavy (non-hydrogen) atoms. The Morgan fingerprint density at radius 2 is 1.76 bits per heavy atom. The lowest BCUT2D eigenvalue weighted by Gasteiger charge is -2.34. The molecule has 0 aromatic rings. The Balaban J connectivity index is 2.42. The van der Waals surface area contributed by atoms with E-state index in [4.69, 9.17) is 11.1 Å². The highest BCUT2D eigenvalue weighted by molar-refractivity contribution is 5.99. The summed E-state index contributed by atoms with van der Waals surface area (Å²) in [5.74, 6) is 0.337. The van der Waals surface area contributed by atoms with Gasteiger partial charge in [0.05, 0.1) is 5.71 Å². The summed E-state index contributed by atoms with van der Waals surface area (Å²) in [6.45, 7) is 12.6. The van der Waals surface area contributed by atoms with Gasteiger partial charge in [-0.05, 0) is 24.2 Å². The maximum absolute atomic E-state index is 8.10. The Labute approximate surface area is 105 Å². The molecule has 1 heterocycles. The van der Waals surface area contributed by atoms with Gasteiger partial charge >= 0.3 is 0 Å². The third-order valence-corrected chi connectivity index (χ3v) is 3.44. The molecule has 1 rings (SSSR count). The van der Waals surface area contributed by atoms with Gasteiger partial charge in [-0.25, -0.2) is 0 Å². The molecule has 0 amide bonds. The molecule has 0 saturated carbocycles. The van der Waals surface area contributed by atoms with Crippen molar-refractivity contribution in [2.45, 2.75) is 20.8 Å². The lowest BCUT2D eigenvalue weighted by atomic mass is 9.99. The van der Waals surface area contributed by atoms with Gasteiger partial charge in [0.2, 0.25) is 0 Å². The van der Waals surface area contributed by atoms with Gasteiger partial charge in [0.15, 0.2) is 0 Å². The summed E-state index contributed by atoms with van der Waals surface area (Å²) < 4.78 is 0. The van der Waals surface area contributed by atoms with Crippen LogP contribution in [0.2, 0.25) is 0 Å². The van der Waals surface area contributed by atoms with Crippen molar-refractivity contribution < 1.29 is 0 Å². The largest absolute Gasteiger partial charge is 0.404 e. The topological polar surface area (TPSA) is 56.4 Å². The first-order chi connectivity index (χ1) is 8.08. The molecule has 0 bridgehead atoms. The van der Waals surface area contributed by atoms with Crippen LogP contribution in [-0.2, 0) is 0 Å². The van der Waals surface area contributed by atoms with Crippen molar-refractivity contribution in [2.75, 3.05) is 39.3 Å². The van der Waals surface area contributed by atoms with Gasteiger partial charge in [-0.2, -0.15) is 0 Å². The van der Waals surface area contributed by atoms with Crippen molar-refractivity contribution in [1.82, 2.24) is 9.80 Å². The van der Waals surface area contributed by atoms with Crippen LogP contribution in [0.15, 0.2) is 11.8 Å². The van der Waals surface area contributed by atoms with E-state index in [1.54, 1.807) is 6.20 Å². The molecule has 4 nitrogen and oxygen atoms in total. The maximum atomic E-state index is 8.10. The minimum Gasteiger partial charge on any atom is -0.404 e. The van der Waals surface area contributed by atoms with Crippen molar-refractivity contribution in [3.8, 4) is 0 Å². The molecule has 3 N–H and O–H groups in total. The highest BCUT2D eigenvalue weighted by Gasteiger charge is 2.18. The lowest BCUT2D eigenvalue weighted by molar-refractivity contribution is 0.151. The van der Waals surface area contributed by atoms with E-state index in [-0.39, 0.29) is 0 Å². The van der Waals surface area contributed by atoms with E-state index in [0.717, 1.165) is 44.8 Å². The van der Waals surface area contributed by atoms with Crippen LogP contribution >= 0.6 is 0 Å². The first kappa shape index (κ1) is 14.2. The number of nitrogens with zero attached hydrogens (tertiary/aromatic N) is 2. The summed E-state index contributed by atoms with van der Waals surface area (Å²) in [6.07, 6.45) is 1.59. The van der Waals surface area contributed by atoms with Gasteiger partial charge in [-0.1, -0.05) is 20.8 Å². The summed E-state index contributed by atoms with van der Waals surface area (Å²) in [5.41, 5.74) is 7.24. The molecular weight excluding hydrogens is 212 g/mol. The van der Waals surface area contributed by atoms with Gasteiger partial charge < -0.3 is 16.0 Å². The fourth-order valence-corrected chi connectivity index (χ4v) is 2.22. The third kappa shape index (κ3) is 4.13. The molecule has 1 aliphatic rings. The Kier molecular flexibility index (Phi) is 5.65. The zero-order valence-corrected chi connectivity index (χ0v) is 11.4. The van der Waals surface area contributed by atoms with E-state index in [0.29, 0.717) is 11.6 Å². The minimum absolute atomic E-state index is 0.337. The highest BCUT2D eigenvalue weighted by Crippen LogP contribution is 2.11. The van der Waals surface area contributed by atoms with Crippen LogP contribution in [-0.4, -0.2) is 54.8 Å². The Bertz CT molecular complexity index is 275. The number of hydrogen-bond donors (Lipinski definition) is 2. The molecule has 0 atom stereocenters. The number of likely N-dealkylation sites (N-methyl/N-ethyl adjacent to an activating group) is 1. The molecule has 0 radical (unpaired) electrons. The van der Waals surface area contributed by atoms with Crippen LogP contribution in [0.25, 0.3) is 0 Å². The number of nitrogens with two attached hydrogens (primary N) is 1. The number of piperazine rings is 1. The van der Waals surface area contributed by atoms with Crippen LogP contribution in [0.3, 0.4) is 0 Å². The molecule has 1 saturated heterocycles. The molecule has 0 aliphatic carbocycles. The Morgan fingerprint density at radius 1 is 1.24 bits per heavy atom. The van der Waals surface area contributed by atoms with E-state index in [1.165, 1.54) is 0 Å². The second-order valence-electron chi connectivity index (χ2n) is 4.97. The molecule has 0 aromatic carbocycles. The molecular formula is C13H26N4. The Morgan fingerprint density at radius 3 is 2.18 bits per heavy atom. The van der Waals surface area contributed by atoms with Crippen molar-refractivity contribution >= 4 is 5.71 Å². The van der Waals surface area contributed by atoms with Crippen molar-refractivity contribution in [3.63, 3.8) is 0 Å². The SMILES string of the molecule is CCN1CCN(CC(=N)/C(=C\N)C(C)C)CC1. The third-order valence-electron chi connectivity index (χ3n) is 3.44. The van der Waals surface area contributed by atoms with Crippen molar-refractivity contribution in [1.29, 1.82) is 5.41 Å². The molecule has 1 fully saturated rings. The molecule has 0 spiro atoms. The fraction of sp³-hybridized carbons (Fsp3) is 0.769. The van der Waals surface area contributed by atoms with Gasteiger partial charge in [-0.15, -0.1) is 0 Å². The molecule has 1 aliphatic heterocycles. The second kappa shape index (κ2) is 6.77. The normalized spacial score (nSPS) is 19.9. The van der Waals surface area contributed by atoms with E-state index >= 15 is 0 Å². The lowest BCUT2D eigenvalue weighted by Crippen LogP contribution is -2.47. The maximum Gasteiger partial charge on any atom is 0.0503 e. The number of nitrogens with one attached hydrogen (secondary N) is 1. The Hall–Kier alpha value is -0.870. The van der Waals surface area contributed by atoms with E-state index < -0.39 is 0 Å². The van der Waals surface area contributed by atoms with Gasteiger partial charge in [0.25, 0.3) is 0 Å². The molecule has 0 aromatic heterocycles. The van der Waals surface area contributed by atoms with Crippen LogP contribution in [0.1, 0.15) is 20.8 Å².